The van der Waals surface area contributed by atoms with E-state index in [-0.39, 0.29) is 30.0 Å². The predicted octanol–water partition coefficient (Wildman–Crippen LogP) is 5.32. The van der Waals surface area contributed by atoms with Crippen molar-refractivity contribution in [3.8, 4) is 11.3 Å². The molecule has 0 spiro atoms. The number of carbonyl (C=O) groups excluding carboxylic acids is 4. The molecule has 9 rings (SSSR count). The van der Waals surface area contributed by atoms with Crippen molar-refractivity contribution in [2.24, 2.45) is 11.8 Å². The number of nitrogens with zero attached hydrogens (tertiary/aromatic N) is 6. The first-order chi connectivity index (χ1) is 27.7. The van der Waals surface area contributed by atoms with Gasteiger partial charge in [-0.2, -0.15) is 0 Å². The summed E-state index contributed by atoms with van der Waals surface area (Å²) in [5.41, 5.74) is 3.13. The molecule has 2 aromatic heterocycles. The third-order valence-electron chi connectivity index (χ3n) is 12.7. The third-order valence-corrected chi connectivity index (χ3v) is 13.0. The van der Waals surface area contributed by atoms with E-state index in [0.29, 0.717) is 35.7 Å². The zero-order valence-electron chi connectivity index (χ0n) is 31.8. The number of nitrogens with one attached hydrogen (secondary N) is 3. The van der Waals surface area contributed by atoms with Crippen molar-refractivity contribution in [3.63, 3.8) is 0 Å². The van der Waals surface area contributed by atoms with E-state index in [4.69, 9.17) is 16.6 Å². The molecule has 57 heavy (non-hydrogen) atoms. The Labute approximate surface area is 335 Å². The van der Waals surface area contributed by atoms with Gasteiger partial charge in [-0.25, -0.2) is 14.4 Å². The summed E-state index contributed by atoms with van der Waals surface area (Å²) in [5, 5.41) is 7.37. The van der Waals surface area contributed by atoms with Crippen molar-refractivity contribution < 1.29 is 23.6 Å². The molecule has 4 amide bonds. The smallest absolute Gasteiger partial charge is 0.262 e. The summed E-state index contributed by atoms with van der Waals surface area (Å²) >= 11 is 6.56. The average molecular weight is 796 g/mol. The quantitative estimate of drug-likeness (QED) is 0.180. The summed E-state index contributed by atoms with van der Waals surface area (Å²) < 4.78 is 15.4. The lowest BCUT2D eigenvalue weighted by Gasteiger charge is -2.38. The molecule has 1 unspecified atom stereocenters. The van der Waals surface area contributed by atoms with Crippen LogP contribution in [-0.4, -0.2) is 118 Å². The van der Waals surface area contributed by atoms with E-state index in [1.165, 1.54) is 25.3 Å². The number of fused-ring (bicyclic) bond motifs is 2. The summed E-state index contributed by atoms with van der Waals surface area (Å²) in [4.78, 5) is 71.1. The van der Waals surface area contributed by atoms with Crippen LogP contribution in [0, 0.1) is 17.7 Å². The molecular formula is C42H47ClFN9O4. The first-order valence-corrected chi connectivity index (χ1v) is 20.7. The Kier molecular flexibility index (Phi) is 10.4. The van der Waals surface area contributed by atoms with E-state index < -0.39 is 35.5 Å². The van der Waals surface area contributed by atoms with Crippen LogP contribution in [0.15, 0.2) is 48.8 Å². The van der Waals surface area contributed by atoms with Gasteiger partial charge in [0.15, 0.2) is 0 Å². The molecule has 2 atom stereocenters. The van der Waals surface area contributed by atoms with Crippen LogP contribution >= 0.6 is 11.6 Å². The largest absolute Gasteiger partial charge is 0.369 e. The van der Waals surface area contributed by atoms with Gasteiger partial charge in [0, 0.05) is 67.8 Å². The fourth-order valence-electron chi connectivity index (χ4n) is 9.49. The number of carbonyl (C=O) groups is 4. The number of amides is 4. The van der Waals surface area contributed by atoms with Crippen molar-refractivity contribution in [1.29, 1.82) is 0 Å². The summed E-state index contributed by atoms with van der Waals surface area (Å²) in [6.45, 7) is 7.68. The van der Waals surface area contributed by atoms with Gasteiger partial charge in [-0.15, -0.1) is 0 Å². The number of hydrogen-bond donors (Lipinski definition) is 3. The number of aromatic nitrogens is 3. The van der Waals surface area contributed by atoms with Gasteiger partial charge in [-0.05, 0) is 94.6 Å². The lowest BCUT2D eigenvalue weighted by molar-refractivity contribution is -0.136. The highest BCUT2D eigenvalue weighted by Crippen LogP contribution is 2.36. The van der Waals surface area contributed by atoms with Crippen LogP contribution in [-0.2, 0) is 9.59 Å². The highest BCUT2D eigenvalue weighted by atomic mass is 35.5. The Bertz CT molecular complexity index is 2220. The Balaban J connectivity index is 0.707. The topological polar surface area (TPSA) is 147 Å². The minimum Gasteiger partial charge on any atom is -0.369 e. The molecule has 4 aromatic rings. The second-order valence-electron chi connectivity index (χ2n) is 16.3. The van der Waals surface area contributed by atoms with Gasteiger partial charge < -0.3 is 25.0 Å². The van der Waals surface area contributed by atoms with Crippen molar-refractivity contribution in [3.05, 3.63) is 70.8 Å². The number of piperidine rings is 3. The van der Waals surface area contributed by atoms with Crippen LogP contribution in [0.25, 0.3) is 22.2 Å². The van der Waals surface area contributed by atoms with Crippen LogP contribution in [0.5, 0.6) is 0 Å². The zero-order chi connectivity index (χ0) is 39.2. The molecule has 0 saturated carbocycles. The maximum Gasteiger partial charge on any atom is 0.262 e. The van der Waals surface area contributed by atoms with E-state index in [1.54, 1.807) is 6.20 Å². The van der Waals surface area contributed by atoms with Crippen LogP contribution in [0.4, 0.5) is 16.0 Å². The molecule has 3 N–H and O–H groups in total. The van der Waals surface area contributed by atoms with E-state index in [0.717, 1.165) is 97.6 Å². The second kappa shape index (κ2) is 15.8. The van der Waals surface area contributed by atoms with Gasteiger partial charge in [-0.3, -0.25) is 29.4 Å². The van der Waals surface area contributed by atoms with E-state index in [1.807, 2.05) is 29.3 Å². The standard InChI is InChI=1S/C42H47ClFN9O4/c43-32-22-46-42(49-38(32)31-21-45-34-4-2-1-3-28(31)34)47-27-12-16-51(24-27)15-9-25-7-13-50(14-8-25)23-26-10-17-52(18-11-26)36-20-30-29(19-33(36)44)40(56)53(41(30)57)35-5-6-37(54)48-39(35)55/h1-4,19-22,25-27,35,45H,5-18,23-24H2,(H,46,47,49)(H,48,54,55)/t27-,35?/m1/s1. The Morgan fingerprint density at radius 3 is 2.39 bits per heavy atom. The summed E-state index contributed by atoms with van der Waals surface area (Å²) in [7, 11) is 0. The lowest BCUT2D eigenvalue weighted by Crippen LogP contribution is -2.54. The second-order valence-corrected chi connectivity index (χ2v) is 16.7. The normalized spacial score (nSPS) is 22.8. The average Bonchev–Trinajstić information content (AvgIpc) is 3.92. The van der Waals surface area contributed by atoms with E-state index in [9.17, 15) is 19.2 Å². The molecule has 7 heterocycles. The van der Waals surface area contributed by atoms with Gasteiger partial charge in [0.2, 0.25) is 17.8 Å². The molecule has 13 nitrogen and oxygen atoms in total. The van der Waals surface area contributed by atoms with Crippen LogP contribution in [0.3, 0.4) is 0 Å². The van der Waals surface area contributed by atoms with E-state index >= 15 is 4.39 Å². The summed E-state index contributed by atoms with van der Waals surface area (Å²) in [6, 6.07) is 9.94. The van der Waals surface area contributed by atoms with Gasteiger partial charge in [0.1, 0.15) is 11.9 Å². The maximum atomic E-state index is 15.4. The number of hydrogen-bond acceptors (Lipinski definition) is 10. The zero-order valence-corrected chi connectivity index (χ0v) is 32.6. The van der Waals surface area contributed by atoms with E-state index in [2.05, 4.69) is 36.5 Å². The van der Waals surface area contributed by atoms with Crippen molar-refractivity contribution in [2.45, 2.75) is 63.5 Å². The van der Waals surface area contributed by atoms with Crippen LogP contribution in [0.1, 0.15) is 72.1 Å². The predicted molar refractivity (Wildman–Crippen MR) is 215 cm³/mol. The van der Waals surface area contributed by atoms with Crippen molar-refractivity contribution >= 4 is 57.8 Å². The fraction of sp³-hybridized carbons (Fsp3) is 0.476. The molecule has 5 aliphatic rings. The molecule has 0 bridgehead atoms. The highest BCUT2D eigenvalue weighted by Gasteiger charge is 2.45. The third kappa shape index (κ3) is 7.62. The lowest BCUT2D eigenvalue weighted by atomic mass is 9.91. The van der Waals surface area contributed by atoms with Gasteiger partial charge in [0.05, 0.1) is 33.7 Å². The monoisotopic (exact) mass is 795 g/mol. The Morgan fingerprint density at radius 1 is 0.860 bits per heavy atom. The first kappa shape index (κ1) is 37.6. The number of imide groups is 2. The molecule has 4 fully saturated rings. The molecule has 2 aromatic carbocycles. The molecule has 15 heteroatoms. The Morgan fingerprint density at radius 2 is 1.60 bits per heavy atom. The maximum absolute atomic E-state index is 15.4. The highest BCUT2D eigenvalue weighted by molar-refractivity contribution is 6.33. The van der Waals surface area contributed by atoms with Crippen molar-refractivity contribution in [2.75, 3.05) is 62.6 Å². The summed E-state index contributed by atoms with van der Waals surface area (Å²) in [5.74, 6) is -1.14. The molecule has 0 radical (unpaired) electrons. The fourth-order valence-corrected chi connectivity index (χ4v) is 9.69. The van der Waals surface area contributed by atoms with Crippen LogP contribution in [0.2, 0.25) is 5.02 Å². The Hall–Kier alpha value is -4.92. The number of halogens is 2. The first-order valence-electron chi connectivity index (χ1n) is 20.3. The minimum absolute atomic E-state index is 0.0348. The number of aromatic amines is 1. The molecule has 5 aliphatic heterocycles. The summed E-state index contributed by atoms with van der Waals surface area (Å²) in [6.07, 6.45) is 10.2. The van der Waals surface area contributed by atoms with Gasteiger partial charge in [-0.1, -0.05) is 29.8 Å². The number of rotatable bonds is 10. The SMILES string of the molecule is O=C1CCC(N2C(=O)c3cc(F)c(N4CCC(CN5CCC(CCN6CC[C@@H](Nc7ncc(Cl)c(-c8c[nH]c9ccccc89)n7)C6)CC5)CC4)cc3C2=O)C(=O)N1. The van der Waals surface area contributed by atoms with Gasteiger partial charge in [0.25, 0.3) is 11.8 Å². The minimum atomic E-state index is -1.08. The van der Waals surface area contributed by atoms with Gasteiger partial charge >= 0.3 is 0 Å². The number of H-pyrrole nitrogens is 1. The number of benzene rings is 2. The number of para-hydroxylation sites is 1. The van der Waals surface area contributed by atoms with Crippen molar-refractivity contribution in [1.82, 2.24) is 35.0 Å². The van der Waals surface area contributed by atoms with Crippen LogP contribution < -0.4 is 15.5 Å². The number of likely N-dealkylation sites (tertiary alicyclic amines) is 2. The number of anilines is 2. The molecule has 0 aliphatic carbocycles. The molecule has 298 valence electrons. The molecular weight excluding hydrogens is 749 g/mol. The molecule has 4 saturated heterocycles.